The van der Waals surface area contributed by atoms with Crippen LogP contribution in [0.3, 0.4) is 0 Å². The van der Waals surface area contributed by atoms with Crippen LogP contribution in [0.15, 0.2) is 36.4 Å². The molecule has 0 spiro atoms. The molecule has 178 valence electrons. The van der Waals surface area contributed by atoms with E-state index in [1.54, 1.807) is 19.1 Å². The van der Waals surface area contributed by atoms with Crippen molar-refractivity contribution in [1.29, 1.82) is 0 Å². The third-order valence-corrected chi connectivity index (χ3v) is 6.81. The molecule has 1 aliphatic heterocycles. The average Bonchev–Trinajstić information content (AvgIpc) is 3.06. The van der Waals surface area contributed by atoms with Gasteiger partial charge in [0.1, 0.15) is 6.04 Å². The van der Waals surface area contributed by atoms with Gasteiger partial charge >= 0.3 is 0 Å². The molecule has 1 aromatic rings. The maximum absolute atomic E-state index is 13.3. The summed E-state index contributed by atoms with van der Waals surface area (Å²) < 4.78 is 0. The number of benzene rings is 1. The minimum Gasteiger partial charge on any atom is -0.354 e. The summed E-state index contributed by atoms with van der Waals surface area (Å²) in [7, 11) is 0. The molecule has 1 N–H and O–H groups in total. The second kappa shape index (κ2) is 11.5. The largest absolute Gasteiger partial charge is 0.354 e. The second-order valence-electron chi connectivity index (χ2n) is 8.67. The lowest BCUT2D eigenvalue weighted by Gasteiger charge is -2.29. The van der Waals surface area contributed by atoms with E-state index >= 15 is 0 Å². The molecule has 1 heterocycles. The fraction of sp³-hybridized carbons (Fsp3) is 0.520. The van der Waals surface area contributed by atoms with Crippen LogP contribution in [0, 0.1) is 11.8 Å². The zero-order valence-electron chi connectivity index (χ0n) is 19.3. The van der Waals surface area contributed by atoms with Gasteiger partial charge in [0.2, 0.25) is 23.6 Å². The monoisotopic (exact) mass is 473 g/mol. The SMILES string of the molecule is CCCCNC(=O)[C@@H](C)N(Cc1ccccc1Cl)C(=O)CCN1C(=O)[C@H]2CC=CC[C@H]2C1=O. The lowest BCUT2D eigenvalue weighted by atomic mass is 9.85. The highest BCUT2D eigenvalue weighted by Gasteiger charge is 2.47. The molecule has 2 aliphatic rings. The van der Waals surface area contributed by atoms with Crippen molar-refractivity contribution in [2.45, 2.75) is 58.5 Å². The zero-order valence-corrected chi connectivity index (χ0v) is 20.0. The van der Waals surface area contributed by atoms with Gasteiger partial charge in [0.05, 0.1) is 11.8 Å². The van der Waals surface area contributed by atoms with Crippen molar-refractivity contribution in [3.63, 3.8) is 0 Å². The maximum Gasteiger partial charge on any atom is 0.242 e. The Bertz CT molecular complexity index is 906. The predicted octanol–water partition coefficient (Wildman–Crippen LogP) is 3.31. The summed E-state index contributed by atoms with van der Waals surface area (Å²) in [6.45, 7) is 4.45. The van der Waals surface area contributed by atoms with Crippen molar-refractivity contribution in [2.24, 2.45) is 11.8 Å². The maximum atomic E-state index is 13.3. The lowest BCUT2D eigenvalue weighted by Crippen LogP contribution is -2.48. The quantitative estimate of drug-likeness (QED) is 0.321. The number of hydrogen-bond acceptors (Lipinski definition) is 4. The van der Waals surface area contributed by atoms with Gasteiger partial charge in [0.15, 0.2) is 0 Å². The summed E-state index contributed by atoms with van der Waals surface area (Å²) in [5.74, 6) is -1.59. The number of fused-ring (bicyclic) bond motifs is 1. The van der Waals surface area contributed by atoms with Crippen LogP contribution < -0.4 is 5.32 Å². The van der Waals surface area contributed by atoms with E-state index in [4.69, 9.17) is 11.6 Å². The van der Waals surface area contributed by atoms with Crippen molar-refractivity contribution < 1.29 is 19.2 Å². The van der Waals surface area contributed by atoms with Gasteiger partial charge < -0.3 is 10.2 Å². The summed E-state index contributed by atoms with van der Waals surface area (Å²) in [5, 5.41) is 3.38. The molecule has 1 fully saturated rings. The zero-order chi connectivity index (χ0) is 24.0. The standard InChI is InChI=1S/C25H32ClN3O4/c1-3-4-14-27-23(31)17(2)29(16-18-9-5-8-12-21(18)26)22(30)13-15-28-24(32)19-10-6-7-11-20(19)25(28)33/h5-9,12,17,19-20H,3-4,10-11,13-16H2,1-2H3,(H,27,31)/t17-,19-,20+/m1/s1. The van der Waals surface area contributed by atoms with E-state index in [2.05, 4.69) is 5.32 Å². The van der Waals surface area contributed by atoms with Gasteiger partial charge in [-0.2, -0.15) is 0 Å². The number of halogens is 1. The van der Waals surface area contributed by atoms with Gasteiger partial charge in [0.25, 0.3) is 0 Å². The van der Waals surface area contributed by atoms with Crippen molar-refractivity contribution in [1.82, 2.24) is 15.1 Å². The smallest absolute Gasteiger partial charge is 0.242 e. The predicted molar refractivity (Wildman–Crippen MR) is 126 cm³/mol. The Kier molecular flexibility index (Phi) is 8.67. The van der Waals surface area contributed by atoms with E-state index in [-0.39, 0.29) is 55.0 Å². The molecule has 0 saturated carbocycles. The Balaban J connectivity index is 1.70. The van der Waals surface area contributed by atoms with Gasteiger partial charge in [-0.25, -0.2) is 0 Å². The molecule has 0 bridgehead atoms. The van der Waals surface area contributed by atoms with Crippen LogP contribution in [0.5, 0.6) is 0 Å². The topological polar surface area (TPSA) is 86.8 Å². The highest BCUT2D eigenvalue weighted by atomic mass is 35.5. The lowest BCUT2D eigenvalue weighted by molar-refractivity contribution is -0.143. The number of carbonyl (C=O) groups excluding carboxylic acids is 4. The first-order valence-electron chi connectivity index (χ1n) is 11.7. The highest BCUT2D eigenvalue weighted by Crippen LogP contribution is 2.35. The fourth-order valence-electron chi connectivity index (χ4n) is 4.37. The minimum atomic E-state index is -0.720. The van der Waals surface area contributed by atoms with Gasteiger partial charge in [-0.1, -0.05) is 55.3 Å². The number of imide groups is 1. The van der Waals surface area contributed by atoms with Crippen molar-refractivity contribution >= 4 is 35.2 Å². The summed E-state index contributed by atoms with van der Waals surface area (Å²) in [4.78, 5) is 54.1. The van der Waals surface area contributed by atoms with Crippen LogP contribution in [0.4, 0.5) is 0 Å². The van der Waals surface area contributed by atoms with Crippen molar-refractivity contribution in [3.8, 4) is 0 Å². The number of amides is 4. The van der Waals surface area contributed by atoms with E-state index in [1.807, 2.05) is 31.2 Å². The number of unbranched alkanes of at least 4 members (excludes halogenated alkanes) is 1. The molecular formula is C25H32ClN3O4. The Morgan fingerprint density at radius 1 is 1.15 bits per heavy atom. The Morgan fingerprint density at radius 2 is 1.79 bits per heavy atom. The average molecular weight is 474 g/mol. The number of nitrogens with one attached hydrogen (secondary N) is 1. The van der Waals surface area contributed by atoms with Crippen LogP contribution in [0.25, 0.3) is 0 Å². The van der Waals surface area contributed by atoms with Crippen LogP contribution in [0.1, 0.15) is 51.5 Å². The molecule has 0 unspecified atom stereocenters. The Hall–Kier alpha value is -2.67. The van der Waals surface area contributed by atoms with Gasteiger partial charge in [0, 0.05) is 31.1 Å². The Morgan fingerprint density at radius 3 is 2.39 bits per heavy atom. The molecule has 1 aliphatic carbocycles. The number of rotatable bonds is 10. The fourth-order valence-corrected chi connectivity index (χ4v) is 4.56. The van der Waals surface area contributed by atoms with Crippen molar-refractivity contribution in [2.75, 3.05) is 13.1 Å². The molecule has 1 aromatic carbocycles. The van der Waals surface area contributed by atoms with E-state index < -0.39 is 6.04 Å². The van der Waals surface area contributed by atoms with E-state index in [0.29, 0.717) is 24.4 Å². The first-order valence-corrected chi connectivity index (χ1v) is 12.0. The van der Waals surface area contributed by atoms with Crippen LogP contribution >= 0.6 is 11.6 Å². The molecule has 3 atom stereocenters. The number of carbonyl (C=O) groups is 4. The van der Waals surface area contributed by atoms with Crippen LogP contribution in [0.2, 0.25) is 5.02 Å². The van der Waals surface area contributed by atoms with Crippen LogP contribution in [-0.2, 0) is 25.7 Å². The molecular weight excluding hydrogens is 442 g/mol. The summed E-state index contributed by atoms with van der Waals surface area (Å²) in [6, 6.07) is 6.46. The first-order chi connectivity index (χ1) is 15.8. The minimum absolute atomic E-state index is 0.0205. The van der Waals surface area contributed by atoms with E-state index in [0.717, 1.165) is 18.4 Å². The van der Waals surface area contributed by atoms with E-state index in [9.17, 15) is 19.2 Å². The van der Waals surface area contributed by atoms with Gasteiger partial charge in [-0.05, 0) is 37.8 Å². The third-order valence-electron chi connectivity index (χ3n) is 6.44. The molecule has 8 heteroatoms. The second-order valence-corrected chi connectivity index (χ2v) is 9.07. The summed E-state index contributed by atoms with van der Waals surface area (Å²) >= 11 is 6.31. The number of allylic oxidation sites excluding steroid dienone is 2. The third kappa shape index (κ3) is 5.82. The highest BCUT2D eigenvalue weighted by molar-refractivity contribution is 6.31. The molecule has 3 rings (SSSR count). The van der Waals surface area contributed by atoms with E-state index in [1.165, 1.54) is 9.80 Å². The molecule has 7 nitrogen and oxygen atoms in total. The molecule has 1 saturated heterocycles. The Labute approximate surface area is 200 Å². The van der Waals surface area contributed by atoms with Crippen LogP contribution in [-0.4, -0.2) is 52.6 Å². The van der Waals surface area contributed by atoms with Gasteiger partial charge in [-0.15, -0.1) is 0 Å². The molecule has 0 radical (unpaired) electrons. The normalized spacial score (nSPS) is 20.5. The summed E-state index contributed by atoms with van der Waals surface area (Å²) in [5.41, 5.74) is 0.728. The molecule has 33 heavy (non-hydrogen) atoms. The number of likely N-dealkylation sites (tertiary alicyclic amines) is 1. The summed E-state index contributed by atoms with van der Waals surface area (Å²) in [6.07, 6.45) is 6.76. The number of hydrogen-bond donors (Lipinski definition) is 1. The van der Waals surface area contributed by atoms with Crippen molar-refractivity contribution in [3.05, 3.63) is 47.0 Å². The first kappa shape index (κ1) is 25.0. The molecule has 0 aromatic heterocycles. The molecule has 4 amide bonds. The number of nitrogens with zero attached hydrogens (tertiary/aromatic N) is 2. The van der Waals surface area contributed by atoms with Gasteiger partial charge in [-0.3, -0.25) is 24.1 Å².